The number of nitrogen functional groups attached to an aromatic ring is 1. The van der Waals surface area contributed by atoms with E-state index in [1.54, 1.807) is 18.5 Å². The van der Waals surface area contributed by atoms with Gasteiger partial charge in [0.2, 0.25) is 11.9 Å². The molecule has 2 aromatic heterocycles. The Morgan fingerprint density at radius 1 is 1.28 bits per heavy atom. The van der Waals surface area contributed by atoms with Gasteiger partial charge in [0.15, 0.2) is 0 Å². The Balaban J connectivity index is 1.76. The molecule has 2 saturated heterocycles. The van der Waals surface area contributed by atoms with Crippen molar-refractivity contribution in [3.63, 3.8) is 0 Å². The first-order chi connectivity index (χ1) is 13.8. The van der Waals surface area contributed by atoms with Gasteiger partial charge >= 0.3 is 0 Å². The number of aliphatic hydroxyl groups excluding tert-OH is 1. The van der Waals surface area contributed by atoms with E-state index in [0.29, 0.717) is 43.0 Å². The monoisotopic (exact) mass is 405 g/mol. The number of halogens is 2. The molecule has 8 nitrogen and oxygen atoms in total. The molecule has 0 amide bonds. The summed E-state index contributed by atoms with van der Waals surface area (Å²) in [6.07, 6.45) is 4.41. The number of anilines is 3. The number of piperidine rings is 1. The molecule has 2 aliphatic heterocycles. The summed E-state index contributed by atoms with van der Waals surface area (Å²) < 4.78 is 28.0. The van der Waals surface area contributed by atoms with E-state index in [0.717, 1.165) is 6.42 Å². The lowest BCUT2D eigenvalue weighted by Crippen LogP contribution is -2.43. The molecule has 2 aromatic rings. The summed E-state index contributed by atoms with van der Waals surface area (Å²) in [6.45, 7) is 2.56. The first-order valence-corrected chi connectivity index (χ1v) is 9.89. The first kappa shape index (κ1) is 19.7. The van der Waals surface area contributed by atoms with Crippen molar-refractivity contribution in [3.05, 3.63) is 18.5 Å². The van der Waals surface area contributed by atoms with Gasteiger partial charge in [-0.15, -0.1) is 0 Å². The highest BCUT2D eigenvalue weighted by Gasteiger charge is 2.37. The molecule has 2 aliphatic rings. The van der Waals surface area contributed by atoms with Crippen LogP contribution in [0.25, 0.3) is 11.3 Å². The van der Waals surface area contributed by atoms with Crippen molar-refractivity contribution in [2.45, 2.75) is 50.7 Å². The molecule has 0 aliphatic carbocycles. The van der Waals surface area contributed by atoms with Gasteiger partial charge in [0.1, 0.15) is 5.82 Å². The minimum absolute atomic E-state index is 0.127. The maximum Gasteiger partial charge on any atom is 0.265 e. The van der Waals surface area contributed by atoms with E-state index < -0.39 is 18.6 Å². The number of nitrogens with zero attached hydrogens (tertiary/aromatic N) is 6. The number of β-amino-alcohol motifs (C(OH)–C–C–N with tert-alkyl or cyclic N) is 1. The number of nitrogens with two attached hydrogens (primary N) is 1. The SMILES string of the molecule is CC[C@@H]1C[C@H](O)CN1c1cc(-c2cnc(N)nc2)nc(N2CCCC(F)(F)C2)n1. The van der Waals surface area contributed by atoms with Crippen LogP contribution in [0.1, 0.15) is 32.6 Å². The molecule has 0 spiro atoms. The van der Waals surface area contributed by atoms with Crippen molar-refractivity contribution in [2.24, 2.45) is 0 Å². The van der Waals surface area contributed by atoms with Gasteiger partial charge in [0.05, 0.1) is 18.3 Å². The molecule has 0 radical (unpaired) electrons. The van der Waals surface area contributed by atoms with Crippen LogP contribution in [-0.2, 0) is 0 Å². The standard InChI is InChI=1S/C19H25F2N7O/c1-2-13-6-14(29)10-28(13)16-7-15(12-8-23-17(22)24-9-12)25-18(26-16)27-5-3-4-19(20,21)11-27/h7-9,13-14,29H,2-6,10-11H2,1H3,(H2,22,23,24)/t13-,14+/m1/s1. The third-order valence-corrected chi connectivity index (χ3v) is 5.50. The smallest absolute Gasteiger partial charge is 0.265 e. The highest BCUT2D eigenvalue weighted by atomic mass is 19.3. The molecule has 29 heavy (non-hydrogen) atoms. The fraction of sp³-hybridized carbons (Fsp3) is 0.579. The minimum Gasteiger partial charge on any atom is -0.391 e. The van der Waals surface area contributed by atoms with E-state index in [4.69, 9.17) is 5.73 Å². The van der Waals surface area contributed by atoms with Crippen molar-refractivity contribution >= 4 is 17.7 Å². The summed E-state index contributed by atoms with van der Waals surface area (Å²) in [5.41, 5.74) is 6.74. The van der Waals surface area contributed by atoms with Crippen LogP contribution in [0.2, 0.25) is 0 Å². The predicted octanol–water partition coefficient (Wildman–Crippen LogP) is 2.10. The van der Waals surface area contributed by atoms with Crippen molar-refractivity contribution in [1.29, 1.82) is 0 Å². The van der Waals surface area contributed by atoms with Crippen molar-refractivity contribution in [2.75, 3.05) is 35.2 Å². The van der Waals surface area contributed by atoms with Crippen LogP contribution in [0.3, 0.4) is 0 Å². The largest absolute Gasteiger partial charge is 0.391 e. The molecule has 0 bridgehead atoms. The Hall–Kier alpha value is -2.62. The Morgan fingerprint density at radius 3 is 2.72 bits per heavy atom. The molecule has 0 saturated carbocycles. The van der Waals surface area contributed by atoms with E-state index in [1.807, 2.05) is 4.90 Å². The number of aliphatic hydroxyl groups is 1. The van der Waals surface area contributed by atoms with Crippen LogP contribution in [-0.4, -0.2) is 62.7 Å². The lowest BCUT2D eigenvalue weighted by molar-refractivity contribution is -0.0120. The first-order valence-electron chi connectivity index (χ1n) is 9.89. The molecule has 0 unspecified atom stereocenters. The van der Waals surface area contributed by atoms with Crippen LogP contribution >= 0.6 is 0 Å². The summed E-state index contributed by atoms with van der Waals surface area (Å²) in [7, 11) is 0. The van der Waals surface area contributed by atoms with Gasteiger partial charge in [-0.2, -0.15) is 4.98 Å². The molecule has 0 aromatic carbocycles. The topological polar surface area (TPSA) is 104 Å². The molecular weight excluding hydrogens is 380 g/mol. The van der Waals surface area contributed by atoms with Crippen LogP contribution in [0.5, 0.6) is 0 Å². The molecule has 156 valence electrons. The number of aromatic nitrogens is 4. The van der Waals surface area contributed by atoms with Gasteiger partial charge in [-0.1, -0.05) is 6.92 Å². The van der Waals surface area contributed by atoms with Gasteiger partial charge in [-0.05, 0) is 19.3 Å². The fourth-order valence-corrected chi connectivity index (χ4v) is 4.02. The Labute approximate surface area is 167 Å². The summed E-state index contributed by atoms with van der Waals surface area (Å²) in [5, 5.41) is 10.1. The Bertz CT molecular complexity index is 864. The number of rotatable bonds is 4. The molecule has 3 N–H and O–H groups in total. The second kappa shape index (κ2) is 7.66. The normalized spacial score (nSPS) is 24.1. The molecule has 2 atom stereocenters. The highest BCUT2D eigenvalue weighted by Crippen LogP contribution is 2.33. The van der Waals surface area contributed by atoms with E-state index >= 15 is 0 Å². The minimum atomic E-state index is -2.77. The lowest BCUT2D eigenvalue weighted by atomic mass is 10.1. The summed E-state index contributed by atoms with van der Waals surface area (Å²) in [5.74, 6) is -1.76. The van der Waals surface area contributed by atoms with Crippen LogP contribution < -0.4 is 15.5 Å². The predicted molar refractivity (Wildman–Crippen MR) is 106 cm³/mol. The number of hydrogen-bond donors (Lipinski definition) is 2. The average Bonchev–Trinajstić information content (AvgIpc) is 3.08. The number of hydrogen-bond acceptors (Lipinski definition) is 8. The molecular formula is C19H25F2N7O. The maximum absolute atomic E-state index is 14.0. The van der Waals surface area contributed by atoms with Gasteiger partial charge < -0.3 is 20.6 Å². The average molecular weight is 405 g/mol. The van der Waals surface area contributed by atoms with Crippen molar-refractivity contribution < 1.29 is 13.9 Å². The van der Waals surface area contributed by atoms with Crippen molar-refractivity contribution in [1.82, 2.24) is 19.9 Å². The van der Waals surface area contributed by atoms with Crippen LogP contribution in [0.15, 0.2) is 18.5 Å². The molecule has 4 heterocycles. The van der Waals surface area contributed by atoms with Gasteiger partial charge in [-0.3, -0.25) is 0 Å². The second-order valence-electron chi connectivity index (χ2n) is 7.73. The summed E-state index contributed by atoms with van der Waals surface area (Å²) in [6, 6.07) is 1.92. The molecule has 10 heteroatoms. The van der Waals surface area contributed by atoms with E-state index in [-0.39, 0.29) is 24.4 Å². The fourth-order valence-electron chi connectivity index (χ4n) is 4.02. The number of alkyl halides is 2. The third-order valence-electron chi connectivity index (χ3n) is 5.50. The zero-order valence-corrected chi connectivity index (χ0v) is 16.3. The quantitative estimate of drug-likeness (QED) is 0.797. The van der Waals surface area contributed by atoms with Gasteiger partial charge in [0, 0.05) is 49.6 Å². The van der Waals surface area contributed by atoms with Crippen LogP contribution in [0, 0.1) is 0 Å². The molecule has 4 rings (SSSR count). The lowest BCUT2D eigenvalue weighted by Gasteiger charge is -2.33. The molecule has 2 fully saturated rings. The van der Waals surface area contributed by atoms with Gasteiger partial charge in [-0.25, -0.2) is 23.7 Å². The van der Waals surface area contributed by atoms with E-state index in [2.05, 4.69) is 26.9 Å². The van der Waals surface area contributed by atoms with E-state index in [1.165, 1.54) is 4.90 Å². The zero-order valence-electron chi connectivity index (χ0n) is 16.3. The second-order valence-corrected chi connectivity index (χ2v) is 7.73. The highest BCUT2D eigenvalue weighted by molar-refractivity contribution is 5.64. The summed E-state index contributed by atoms with van der Waals surface area (Å²) >= 11 is 0. The van der Waals surface area contributed by atoms with E-state index in [9.17, 15) is 13.9 Å². The maximum atomic E-state index is 14.0. The Morgan fingerprint density at radius 2 is 2.03 bits per heavy atom. The van der Waals surface area contributed by atoms with Crippen LogP contribution in [0.4, 0.5) is 26.5 Å². The third kappa shape index (κ3) is 4.21. The van der Waals surface area contributed by atoms with Crippen molar-refractivity contribution in [3.8, 4) is 11.3 Å². The summed E-state index contributed by atoms with van der Waals surface area (Å²) in [4.78, 5) is 20.7. The van der Waals surface area contributed by atoms with Gasteiger partial charge in [0.25, 0.3) is 5.92 Å². The zero-order chi connectivity index (χ0) is 20.6. The Kier molecular flexibility index (Phi) is 5.20.